The predicted molar refractivity (Wildman–Crippen MR) is 88.1 cm³/mol. The van der Waals surface area contributed by atoms with E-state index in [1.165, 1.54) is 5.69 Å². The van der Waals surface area contributed by atoms with Gasteiger partial charge in [0.15, 0.2) is 0 Å². The predicted octanol–water partition coefficient (Wildman–Crippen LogP) is 2.37. The van der Waals surface area contributed by atoms with E-state index < -0.39 is 5.41 Å². The fraction of sp³-hybridized carbons (Fsp3) is 0.444. The molecular weight excluding hydrogens is 290 g/mol. The summed E-state index contributed by atoms with van der Waals surface area (Å²) in [6, 6.07) is 7.24. The normalized spacial score (nSPS) is 20.3. The largest absolute Gasteiger partial charge is 0.508 e. The number of hydrogen-bond acceptors (Lipinski definition) is 3. The molecule has 2 aromatic rings. The first-order chi connectivity index (χ1) is 10.9. The van der Waals surface area contributed by atoms with Gasteiger partial charge in [0, 0.05) is 36.3 Å². The molecule has 1 amide bonds. The monoisotopic (exact) mass is 313 g/mol. The van der Waals surface area contributed by atoms with Crippen LogP contribution in [-0.2, 0) is 18.3 Å². The maximum Gasteiger partial charge on any atom is 0.226 e. The highest BCUT2D eigenvalue weighted by molar-refractivity contribution is 5.83. The number of hydrogen-bond donors (Lipinski definition) is 2. The summed E-state index contributed by atoms with van der Waals surface area (Å²) in [4.78, 5) is 16.7. The van der Waals surface area contributed by atoms with E-state index in [9.17, 15) is 9.90 Å². The number of phenolic OH excluding ortho intramolecular Hbond substituents is 1. The summed E-state index contributed by atoms with van der Waals surface area (Å²) < 4.78 is 2.01. The molecule has 2 N–H and O–H groups in total. The molecule has 1 aromatic carbocycles. The Labute approximate surface area is 136 Å². The highest BCUT2D eigenvalue weighted by Gasteiger charge is 2.43. The number of nitrogens with zero attached hydrogens (tertiary/aromatic N) is 2. The van der Waals surface area contributed by atoms with Crippen molar-refractivity contribution in [3.05, 3.63) is 48.0 Å². The number of aromatic hydroxyl groups is 1. The van der Waals surface area contributed by atoms with Crippen LogP contribution in [-0.4, -0.2) is 26.6 Å². The van der Waals surface area contributed by atoms with Gasteiger partial charge in [0.1, 0.15) is 5.75 Å². The number of aryl methyl sites for hydroxylation is 1. The summed E-state index contributed by atoms with van der Waals surface area (Å²) in [7, 11) is 1.98. The molecule has 5 nitrogen and oxygen atoms in total. The number of benzene rings is 1. The minimum Gasteiger partial charge on any atom is -0.508 e. The van der Waals surface area contributed by atoms with Gasteiger partial charge < -0.3 is 15.0 Å². The summed E-state index contributed by atoms with van der Waals surface area (Å²) >= 11 is 0. The molecular formula is C18H23N3O2. The van der Waals surface area contributed by atoms with E-state index in [1.54, 1.807) is 18.5 Å². The van der Waals surface area contributed by atoms with Crippen molar-refractivity contribution < 1.29 is 9.90 Å². The number of carbonyl (C=O) groups excluding carboxylic acids is 1. The van der Waals surface area contributed by atoms with Crippen LogP contribution in [0.5, 0.6) is 5.75 Å². The van der Waals surface area contributed by atoms with Gasteiger partial charge in [0.05, 0.1) is 6.33 Å². The van der Waals surface area contributed by atoms with E-state index in [4.69, 9.17) is 0 Å². The number of imidazole rings is 1. The summed E-state index contributed by atoms with van der Waals surface area (Å²) in [5.74, 6) is 0.684. The average Bonchev–Trinajstić information content (AvgIpc) is 3.11. The number of carbonyl (C=O) groups is 1. The molecule has 0 spiro atoms. The van der Waals surface area contributed by atoms with Crippen molar-refractivity contribution in [2.24, 2.45) is 12.5 Å². The van der Waals surface area contributed by atoms with Gasteiger partial charge in [-0.05, 0) is 30.5 Å². The Morgan fingerprint density at radius 2 is 2.09 bits per heavy atom. The van der Waals surface area contributed by atoms with Gasteiger partial charge in [-0.15, -0.1) is 0 Å². The van der Waals surface area contributed by atoms with Crippen molar-refractivity contribution >= 4 is 5.91 Å². The van der Waals surface area contributed by atoms with Crippen LogP contribution in [0.15, 0.2) is 36.8 Å². The third kappa shape index (κ3) is 3.38. The van der Waals surface area contributed by atoms with E-state index in [0.717, 1.165) is 12.0 Å². The fourth-order valence-corrected chi connectivity index (χ4v) is 2.97. The summed E-state index contributed by atoms with van der Waals surface area (Å²) in [6.07, 6.45) is 5.28. The zero-order chi connectivity index (χ0) is 16.6. The van der Waals surface area contributed by atoms with Crippen molar-refractivity contribution in [2.75, 3.05) is 0 Å². The first kappa shape index (κ1) is 15.6. The Hall–Kier alpha value is -2.30. The first-order valence-electron chi connectivity index (χ1n) is 7.92. The standard InChI is InChI=1S/C18H23N3O2/c1-18(2,9-12-4-6-13(22)7-5-12)17(23)20-15-8-14(15)16-10-19-11-21(16)3/h4-7,10-11,14-15,22H,8-9H2,1-3H3,(H,20,23)/t14-,15-/m1/s1. The fourth-order valence-electron chi connectivity index (χ4n) is 2.97. The number of rotatable bonds is 5. The molecule has 1 heterocycles. The Morgan fingerprint density at radius 1 is 1.39 bits per heavy atom. The molecule has 1 saturated carbocycles. The Balaban J connectivity index is 1.59. The number of amides is 1. The highest BCUT2D eigenvalue weighted by Crippen LogP contribution is 2.41. The van der Waals surface area contributed by atoms with Gasteiger partial charge >= 0.3 is 0 Å². The van der Waals surface area contributed by atoms with Crippen LogP contribution >= 0.6 is 0 Å². The van der Waals surface area contributed by atoms with Gasteiger partial charge in [-0.1, -0.05) is 26.0 Å². The van der Waals surface area contributed by atoms with Gasteiger partial charge in [0.2, 0.25) is 5.91 Å². The lowest BCUT2D eigenvalue weighted by atomic mass is 9.84. The molecule has 0 unspecified atom stereocenters. The van der Waals surface area contributed by atoms with Crippen molar-refractivity contribution in [1.82, 2.24) is 14.9 Å². The number of phenols is 1. The van der Waals surface area contributed by atoms with Gasteiger partial charge in [-0.3, -0.25) is 4.79 Å². The van der Waals surface area contributed by atoms with Gasteiger partial charge in [0.25, 0.3) is 0 Å². The molecule has 0 aliphatic heterocycles. The maximum absolute atomic E-state index is 12.6. The highest BCUT2D eigenvalue weighted by atomic mass is 16.3. The summed E-state index contributed by atoms with van der Waals surface area (Å²) in [5, 5.41) is 12.5. The van der Waals surface area contributed by atoms with Crippen LogP contribution in [0.4, 0.5) is 0 Å². The summed E-state index contributed by atoms with van der Waals surface area (Å²) in [6.45, 7) is 3.91. The van der Waals surface area contributed by atoms with Gasteiger partial charge in [-0.25, -0.2) is 4.98 Å². The van der Waals surface area contributed by atoms with Crippen molar-refractivity contribution in [2.45, 2.75) is 38.6 Å². The van der Waals surface area contributed by atoms with Crippen molar-refractivity contribution in [1.29, 1.82) is 0 Å². The van der Waals surface area contributed by atoms with Crippen LogP contribution in [0.1, 0.15) is 37.4 Å². The third-order valence-corrected chi connectivity index (χ3v) is 4.54. The molecule has 1 aromatic heterocycles. The number of nitrogens with one attached hydrogen (secondary N) is 1. The second-order valence-electron chi connectivity index (χ2n) is 7.08. The molecule has 0 bridgehead atoms. The molecule has 0 saturated heterocycles. The minimum atomic E-state index is -0.490. The van der Waals surface area contributed by atoms with E-state index >= 15 is 0 Å². The number of aromatic nitrogens is 2. The lowest BCUT2D eigenvalue weighted by Crippen LogP contribution is -2.40. The van der Waals surface area contributed by atoms with E-state index in [0.29, 0.717) is 12.3 Å². The molecule has 3 rings (SSSR count). The summed E-state index contributed by atoms with van der Waals surface area (Å²) in [5.41, 5.74) is 1.73. The molecule has 2 atom stereocenters. The van der Waals surface area contributed by atoms with E-state index in [1.807, 2.05) is 43.8 Å². The maximum atomic E-state index is 12.6. The van der Waals surface area contributed by atoms with Crippen LogP contribution in [0.25, 0.3) is 0 Å². The van der Waals surface area contributed by atoms with Crippen LogP contribution in [0, 0.1) is 5.41 Å². The molecule has 1 fully saturated rings. The second-order valence-corrected chi connectivity index (χ2v) is 7.08. The SMILES string of the molecule is Cn1cncc1[C@@H]1C[C@H]1NC(=O)C(C)(C)Cc1ccc(O)cc1. The zero-order valence-electron chi connectivity index (χ0n) is 13.8. The third-order valence-electron chi connectivity index (χ3n) is 4.54. The average molecular weight is 313 g/mol. The van der Waals surface area contributed by atoms with Crippen molar-refractivity contribution in [3.63, 3.8) is 0 Å². The minimum absolute atomic E-state index is 0.0697. The second kappa shape index (κ2) is 5.72. The van der Waals surface area contributed by atoms with Gasteiger partial charge in [-0.2, -0.15) is 0 Å². The van der Waals surface area contributed by atoms with Crippen LogP contribution in [0.2, 0.25) is 0 Å². The lowest BCUT2D eigenvalue weighted by Gasteiger charge is -2.24. The Morgan fingerprint density at radius 3 is 2.70 bits per heavy atom. The molecule has 1 aliphatic rings. The van der Waals surface area contributed by atoms with Crippen LogP contribution in [0.3, 0.4) is 0 Å². The molecule has 0 radical (unpaired) electrons. The quantitative estimate of drug-likeness (QED) is 0.890. The Kier molecular flexibility index (Phi) is 3.88. The lowest BCUT2D eigenvalue weighted by molar-refractivity contribution is -0.129. The zero-order valence-corrected chi connectivity index (χ0v) is 13.8. The van der Waals surface area contributed by atoms with Crippen molar-refractivity contribution in [3.8, 4) is 5.75 Å². The Bertz CT molecular complexity index is 703. The van der Waals surface area contributed by atoms with Crippen LogP contribution < -0.4 is 5.32 Å². The molecule has 5 heteroatoms. The van der Waals surface area contributed by atoms with E-state index in [2.05, 4.69) is 10.3 Å². The molecule has 122 valence electrons. The molecule has 23 heavy (non-hydrogen) atoms. The molecule has 1 aliphatic carbocycles. The topological polar surface area (TPSA) is 67.2 Å². The first-order valence-corrected chi connectivity index (χ1v) is 7.92. The van der Waals surface area contributed by atoms with E-state index in [-0.39, 0.29) is 17.7 Å². The smallest absolute Gasteiger partial charge is 0.226 e.